The Labute approximate surface area is 306 Å². The fourth-order valence-electron chi connectivity index (χ4n) is 8.03. The number of hydrogen-bond acceptors (Lipinski definition) is 7. The molecule has 1 N–H and O–H groups in total. The molecule has 274 valence electrons. The lowest BCUT2D eigenvalue weighted by molar-refractivity contribution is -0.164. The van der Waals surface area contributed by atoms with Crippen LogP contribution in [0.4, 0.5) is 5.69 Å². The van der Waals surface area contributed by atoms with Crippen molar-refractivity contribution in [2.24, 2.45) is 11.8 Å². The van der Waals surface area contributed by atoms with Crippen molar-refractivity contribution in [3.05, 3.63) is 90.5 Å². The summed E-state index contributed by atoms with van der Waals surface area (Å²) in [6.07, 6.45) is 6.48. The van der Waals surface area contributed by atoms with E-state index in [-0.39, 0.29) is 37.3 Å². The molecule has 2 bridgehead atoms. The first-order valence-electron chi connectivity index (χ1n) is 18.0. The van der Waals surface area contributed by atoms with Crippen LogP contribution in [-0.4, -0.2) is 89.1 Å². The van der Waals surface area contributed by atoms with Gasteiger partial charge in [0.15, 0.2) is 0 Å². The van der Waals surface area contributed by atoms with E-state index in [1.54, 1.807) is 58.2 Å². The van der Waals surface area contributed by atoms with Gasteiger partial charge in [-0.25, -0.2) is 0 Å². The van der Waals surface area contributed by atoms with Gasteiger partial charge in [0.2, 0.25) is 11.8 Å². The number of aliphatic hydroxyl groups excluding tert-OH is 1. The molecule has 3 fully saturated rings. The van der Waals surface area contributed by atoms with Crippen LogP contribution in [0.15, 0.2) is 79.9 Å². The standard InChI is InChI=1S/C40H50ClN3O7/c1-5-7-17-32(46)42(4)27(3)35(28-15-11-10-12-16-28)50-39(49)33-31-22-23-40(51-31)34(33)37(47)44(25-13-8-9-14-26-45)36(40)38(48)43(24-6-2)30-20-18-29(41)19-21-30/h5-6,10-12,15-16,18-21,27,31,33-36,45H,1-2,7-9,13-14,17,22-26H2,3-4H3/t27-,31+,33-,34-,35+,36+,40-/m0/s1. The predicted octanol–water partition coefficient (Wildman–Crippen LogP) is 5.88. The zero-order chi connectivity index (χ0) is 36.7. The lowest BCUT2D eigenvalue weighted by atomic mass is 9.70. The Balaban J connectivity index is 1.47. The zero-order valence-electron chi connectivity index (χ0n) is 29.6. The minimum atomic E-state index is -1.22. The third kappa shape index (κ3) is 7.78. The van der Waals surface area contributed by atoms with E-state index in [0.717, 1.165) is 18.4 Å². The maximum atomic E-state index is 14.8. The first-order chi connectivity index (χ1) is 24.6. The van der Waals surface area contributed by atoms with Crippen LogP contribution in [0.2, 0.25) is 5.02 Å². The minimum absolute atomic E-state index is 0.0902. The number of aliphatic hydroxyl groups is 1. The molecule has 3 saturated heterocycles. The second-order valence-electron chi connectivity index (χ2n) is 13.8. The molecule has 0 aliphatic carbocycles. The van der Waals surface area contributed by atoms with Gasteiger partial charge in [-0.2, -0.15) is 0 Å². The van der Waals surface area contributed by atoms with Crippen LogP contribution in [-0.2, 0) is 28.7 Å². The molecule has 0 unspecified atom stereocenters. The summed E-state index contributed by atoms with van der Waals surface area (Å²) in [6.45, 7) is 10.0. The summed E-state index contributed by atoms with van der Waals surface area (Å²) < 4.78 is 13.0. The van der Waals surface area contributed by atoms with E-state index >= 15 is 0 Å². The molecule has 2 aromatic carbocycles. The number of esters is 1. The number of benzene rings is 2. The molecule has 2 aromatic rings. The molecule has 5 rings (SSSR count). The summed E-state index contributed by atoms with van der Waals surface area (Å²) in [7, 11) is 1.69. The average molecular weight is 720 g/mol. The minimum Gasteiger partial charge on any atom is -0.455 e. The highest BCUT2D eigenvalue weighted by atomic mass is 35.5. The second-order valence-corrected chi connectivity index (χ2v) is 14.2. The van der Waals surface area contributed by atoms with Crippen LogP contribution in [0.3, 0.4) is 0 Å². The van der Waals surface area contributed by atoms with Crippen molar-refractivity contribution in [1.82, 2.24) is 9.80 Å². The van der Waals surface area contributed by atoms with Crippen molar-refractivity contribution < 1.29 is 33.8 Å². The van der Waals surface area contributed by atoms with Crippen LogP contribution in [0.25, 0.3) is 0 Å². The molecule has 0 aromatic heterocycles. The number of likely N-dealkylation sites (tertiary alicyclic amines) is 1. The fraction of sp³-hybridized carbons (Fsp3) is 0.500. The monoisotopic (exact) mass is 719 g/mol. The zero-order valence-corrected chi connectivity index (χ0v) is 30.4. The van der Waals surface area contributed by atoms with E-state index in [1.807, 2.05) is 37.3 Å². The lowest BCUT2D eigenvalue weighted by Crippen LogP contribution is -2.56. The van der Waals surface area contributed by atoms with Crippen LogP contribution in [0.1, 0.15) is 70.0 Å². The highest BCUT2D eigenvalue weighted by Gasteiger charge is 2.75. The van der Waals surface area contributed by atoms with Gasteiger partial charge in [-0.15, -0.1) is 13.2 Å². The van der Waals surface area contributed by atoms with Crippen LogP contribution in [0, 0.1) is 11.8 Å². The van der Waals surface area contributed by atoms with Gasteiger partial charge < -0.3 is 29.3 Å². The third-order valence-corrected chi connectivity index (χ3v) is 11.0. The number of nitrogens with zero attached hydrogens (tertiary/aromatic N) is 3. The first-order valence-corrected chi connectivity index (χ1v) is 18.4. The van der Waals surface area contributed by atoms with E-state index in [9.17, 15) is 24.3 Å². The Hall–Kier alpha value is -3.99. The molecule has 1 spiro atoms. The number of likely N-dealkylation sites (N-methyl/N-ethyl adjacent to an activating group) is 1. The number of rotatable bonds is 18. The third-order valence-electron chi connectivity index (χ3n) is 10.7. The molecule has 3 amide bonds. The van der Waals surface area contributed by atoms with Gasteiger partial charge in [-0.05, 0) is 68.9 Å². The number of amides is 3. The number of halogens is 1. The SMILES string of the molecule is C=CCCC(=O)N(C)[C@@H](C)[C@@H](OC(=O)[C@@H]1[C@H]2C(=O)N(CCCCCCO)[C@H](C(=O)N(CC=C)c3ccc(Cl)cc3)[C@]23CC[C@H]1O3)c1ccccc1. The second kappa shape index (κ2) is 17.0. The largest absolute Gasteiger partial charge is 0.455 e. The summed E-state index contributed by atoms with van der Waals surface area (Å²) in [4.78, 5) is 61.6. The van der Waals surface area contributed by atoms with Crippen LogP contribution in [0.5, 0.6) is 0 Å². The quantitative estimate of drug-likeness (QED) is 0.116. The van der Waals surface area contributed by atoms with Gasteiger partial charge in [-0.3, -0.25) is 19.2 Å². The van der Waals surface area contributed by atoms with Crippen molar-refractivity contribution >= 4 is 41.0 Å². The Morgan fingerprint density at radius 3 is 2.45 bits per heavy atom. The summed E-state index contributed by atoms with van der Waals surface area (Å²) in [5.74, 6) is -3.13. The average Bonchev–Trinajstić information content (AvgIpc) is 3.78. The molecule has 7 atom stereocenters. The summed E-state index contributed by atoms with van der Waals surface area (Å²) >= 11 is 6.17. The molecule has 3 aliphatic rings. The summed E-state index contributed by atoms with van der Waals surface area (Å²) in [5.41, 5.74) is 0.110. The Bertz CT molecular complexity index is 1570. The molecule has 11 heteroatoms. The number of unbranched alkanes of at least 4 members (excludes halogenated alkanes) is 3. The molecular formula is C40H50ClN3O7. The Kier molecular flexibility index (Phi) is 12.8. The van der Waals surface area contributed by atoms with Crippen molar-refractivity contribution in [2.75, 3.05) is 31.6 Å². The molecule has 3 heterocycles. The van der Waals surface area contributed by atoms with E-state index in [1.165, 1.54) is 0 Å². The van der Waals surface area contributed by atoms with Crippen LogP contribution < -0.4 is 4.90 Å². The number of anilines is 1. The highest BCUT2D eigenvalue weighted by molar-refractivity contribution is 6.30. The van der Waals surface area contributed by atoms with E-state index in [0.29, 0.717) is 49.4 Å². The Morgan fingerprint density at radius 1 is 1.08 bits per heavy atom. The van der Waals surface area contributed by atoms with Crippen molar-refractivity contribution in [3.63, 3.8) is 0 Å². The predicted molar refractivity (Wildman–Crippen MR) is 196 cm³/mol. The number of carbonyl (C=O) groups excluding carboxylic acids is 4. The van der Waals surface area contributed by atoms with Gasteiger partial charge in [0, 0.05) is 43.9 Å². The van der Waals surface area contributed by atoms with E-state index < -0.39 is 47.7 Å². The van der Waals surface area contributed by atoms with Gasteiger partial charge >= 0.3 is 5.97 Å². The smallest absolute Gasteiger partial charge is 0.313 e. The lowest BCUT2D eigenvalue weighted by Gasteiger charge is -2.37. The maximum Gasteiger partial charge on any atom is 0.313 e. The molecule has 3 aliphatic heterocycles. The first kappa shape index (κ1) is 38.2. The molecule has 0 saturated carbocycles. The topological polar surface area (TPSA) is 117 Å². The number of carbonyl (C=O) groups is 4. The normalized spacial score (nSPS) is 24.5. The van der Waals surface area contributed by atoms with Gasteiger partial charge in [0.25, 0.3) is 5.91 Å². The van der Waals surface area contributed by atoms with Gasteiger partial charge in [0.1, 0.15) is 17.7 Å². The van der Waals surface area contributed by atoms with Crippen molar-refractivity contribution in [3.8, 4) is 0 Å². The number of fused-ring (bicyclic) bond motifs is 1. The summed E-state index contributed by atoms with van der Waals surface area (Å²) in [5, 5.41) is 9.80. The molecule has 0 radical (unpaired) electrons. The molecule has 51 heavy (non-hydrogen) atoms. The van der Waals surface area contributed by atoms with E-state index in [4.69, 9.17) is 21.1 Å². The van der Waals surface area contributed by atoms with Crippen molar-refractivity contribution in [2.45, 2.75) is 88.2 Å². The fourth-order valence-corrected chi connectivity index (χ4v) is 8.16. The molecule has 10 nitrogen and oxygen atoms in total. The van der Waals surface area contributed by atoms with E-state index in [2.05, 4.69) is 13.2 Å². The number of hydrogen-bond donors (Lipinski definition) is 1. The number of ether oxygens (including phenoxy) is 2. The van der Waals surface area contributed by atoms with Gasteiger partial charge in [0.05, 0.1) is 24.0 Å². The maximum absolute atomic E-state index is 14.8. The number of allylic oxidation sites excluding steroid dienone is 1. The van der Waals surface area contributed by atoms with Gasteiger partial charge in [-0.1, -0.05) is 66.9 Å². The van der Waals surface area contributed by atoms with Crippen LogP contribution >= 0.6 is 11.6 Å². The Morgan fingerprint density at radius 2 is 1.78 bits per heavy atom. The summed E-state index contributed by atoms with van der Waals surface area (Å²) in [6, 6.07) is 14.7. The van der Waals surface area contributed by atoms with Crippen molar-refractivity contribution in [1.29, 1.82) is 0 Å². The highest BCUT2D eigenvalue weighted by Crippen LogP contribution is 2.59. The molecular weight excluding hydrogens is 670 g/mol.